The van der Waals surface area contributed by atoms with Crippen molar-refractivity contribution >= 4 is 39.0 Å². The maximum Gasteiger partial charge on any atom is 0.200 e. The van der Waals surface area contributed by atoms with Crippen LogP contribution in [0.5, 0.6) is 11.5 Å². The van der Waals surface area contributed by atoms with E-state index in [4.69, 9.17) is 9.15 Å². The number of benzene rings is 7. The molecule has 2 heterocycles. The molecule has 0 saturated carbocycles. The quantitative estimate of drug-likeness (QED) is 0.184. The van der Waals surface area contributed by atoms with Gasteiger partial charge < -0.3 is 14.1 Å². The fraction of sp³-hybridized carbons (Fsp3) is 0. The minimum absolute atomic E-state index is 0.0153. The molecule has 0 aliphatic carbocycles. The van der Waals surface area contributed by atoms with E-state index in [2.05, 4.69) is 102 Å². The fourth-order valence-electron chi connectivity index (χ4n) is 6.66. The summed E-state index contributed by atoms with van der Waals surface area (Å²) in [7, 11) is 0. The Bertz CT molecular complexity index is 2440. The van der Waals surface area contributed by atoms with Crippen molar-refractivity contribution in [3.63, 3.8) is 0 Å². The standard InChI is InChI=1S/C43H27NO3/c45-43-35-15-5-10-20-41(35)47-42-27-29(23-26-36(42)43)28-21-24-30(25-22-28)44-37-16-6-1-11-31(37)33-13-3-8-18-39(33)46-40-19-9-4-14-34(40)32-12-2-7-17-38(32)44/h1-27H. The third-order valence-electron chi connectivity index (χ3n) is 8.90. The molecule has 4 nitrogen and oxygen atoms in total. The van der Waals surface area contributed by atoms with Crippen LogP contribution in [0, 0.1) is 0 Å². The van der Waals surface area contributed by atoms with E-state index in [1.165, 1.54) is 0 Å². The first-order chi connectivity index (χ1) is 23.2. The number of para-hydroxylation sites is 5. The number of rotatable bonds is 2. The van der Waals surface area contributed by atoms with Crippen molar-refractivity contribution in [2.45, 2.75) is 0 Å². The molecule has 0 bridgehead atoms. The second-order valence-corrected chi connectivity index (χ2v) is 11.6. The molecule has 0 spiro atoms. The summed E-state index contributed by atoms with van der Waals surface area (Å²) in [4.78, 5) is 15.5. The van der Waals surface area contributed by atoms with Gasteiger partial charge in [0.2, 0.25) is 5.43 Å². The van der Waals surface area contributed by atoms with Gasteiger partial charge in [-0.25, -0.2) is 0 Å². The molecule has 0 atom stereocenters. The largest absolute Gasteiger partial charge is 0.456 e. The van der Waals surface area contributed by atoms with Crippen LogP contribution in [0.3, 0.4) is 0 Å². The maximum absolute atomic E-state index is 13.1. The Balaban J connectivity index is 1.23. The Morgan fingerprint density at radius 1 is 0.426 bits per heavy atom. The molecule has 0 radical (unpaired) electrons. The highest BCUT2D eigenvalue weighted by atomic mass is 16.5. The van der Waals surface area contributed by atoms with E-state index in [9.17, 15) is 4.79 Å². The lowest BCUT2D eigenvalue weighted by molar-refractivity contribution is 0.486. The van der Waals surface area contributed by atoms with Gasteiger partial charge in [-0.1, -0.05) is 103 Å². The summed E-state index contributed by atoms with van der Waals surface area (Å²) in [5.41, 5.74) is 10.4. The molecule has 4 heteroatoms. The van der Waals surface area contributed by atoms with Crippen molar-refractivity contribution in [3.8, 4) is 44.9 Å². The second-order valence-electron chi connectivity index (χ2n) is 11.6. The van der Waals surface area contributed by atoms with Crippen molar-refractivity contribution in [2.24, 2.45) is 0 Å². The number of fused-ring (bicyclic) bond motifs is 8. The zero-order valence-corrected chi connectivity index (χ0v) is 25.3. The van der Waals surface area contributed by atoms with Gasteiger partial charge in [0.15, 0.2) is 0 Å². The average molecular weight is 606 g/mol. The van der Waals surface area contributed by atoms with Crippen LogP contribution in [0.15, 0.2) is 173 Å². The van der Waals surface area contributed by atoms with Crippen molar-refractivity contribution < 1.29 is 9.15 Å². The number of nitrogens with zero attached hydrogens (tertiary/aromatic N) is 1. The summed E-state index contributed by atoms with van der Waals surface area (Å²) in [5.74, 6) is 1.61. The lowest BCUT2D eigenvalue weighted by atomic mass is 9.96. The van der Waals surface area contributed by atoms with Gasteiger partial charge in [-0.3, -0.25) is 4.79 Å². The SMILES string of the molecule is O=c1c2ccccc2oc2cc(-c3ccc(N4c5ccccc5-c5ccccc5Oc5ccccc5-c5ccccc54)cc3)ccc12. The first kappa shape index (κ1) is 27.0. The van der Waals surface area contributed by atoms with Crippen molar-refractivity contribution in [2.75, 3.05) is 4.90 Å². The lowest BCUT2D eigenvalue weighted by Gasteiger charge is -2.31. The Morgan fingerprint density at radius 2 is 0.936 bits per heavy atom. The predicted octanol–water partition coefficient (Wildman–Crippen LogP) is 11.5. The highest BCUT2D eigenvalue weighted by Gasteiger charge is 2.24. The number of hydrogen-bond donors (Lipinski definition) is 0. The summed E-state index contributed by atoms with van der Waals surface area (Å²) in [6.45, 7) is 0. The Labute approximate surface area is 271 Å². The van der Waals surface area contributed by atoms with E-state index in [0.29, 0.717) is 21.9 Å². The molecule has 1 aliphatic rings. The van der Waals surface area contributed by atoms with E-state index in [1.54, 1.807) is 0 Å². The van der Waals surface area contributed by atoms with Gasteiger partial charge in [-0.2, -0.15) is 0 Å². The fourth-order valence-corrected chi connectivity index (χ4v) is 6.66. The van der Waals surface area contributed by atoms with E-state index < -0.39 is 0 Å². The molecule has 7 aromatic carbocycles. The van der Waals surface area contributed by atoms with E-state index in [1.807, 2.05) is 66.7 Å². The van der Waals surface area contributed by atoms with Crippen LogP contribution in [0.25, 0.3) is 55.3 Å². The third-order valence-corrected chi connectivity index (χ3v) is 8.90. The Hall–Kier alpha value is -6.39. The molecule has 1 aromatic heterocycles. The highest BCUT2D eigenvalue weighted by Crippen LogP contribution is 2.50. The lowest BCUT2D eigenvalue weighted by Crippen LogP contribution is -2.13. The number of hydrogen-bond acceptors (Lipinski definition) is 4. The molecule has 0 unspecified atom stereocenters. The third kappa shape index (κ3) is 4.50. The highest BCUT2D eigenvalue weighted by molar-refractivity contribution is 5.97. The van der Waals surface area contributed by atoms with E-state index >= 15 is 0 Å². The molecular weight excluding hydrogens is 578 g/mol. The summed E-state index contributed by atoms with van der Waals surface area (Å²) >= 11 is 0. The first-order valence-corrected chi connectivity index (χ1v) is 15.6. The summed E-state index contributed by atoms with van der Waals surface area (Å²) in [6, 6.07) is 55.2. The number of anilines is 3. The Morgan fingerprint density at radius 3 is 1.60 bits per heavy atom. The summed E-state index contributed by atoms with van der Waals surface area (Å²) < 4.78 is 12.8. The normalized spacial score (nSPS) is 12.0. The van der Waals surface area contributed by atoms with Crippen LogP contribution in [0.1, 0.15) is 0 Å². The number of ether oxygens (including phenoxy) is 1. The van der Waals surface area contributed by atoms with Gasteiger partial charge >= 0.3 is 0 Å². The van der Waals surface area contributed by atoms with Crippen LogP contribution in [0.4, 0.5) is 17.1 Å². The zero-order chi connectivity index (χ0) is 31.3. The molecule has 0 amide bonds. The van der Waals surface area contributed by atoms with Crippen molar-refractivity contribution in [3.05, 3.63) is 174 Å². The minimum Gasteiger partial charge on any atom is -0.456 e. The topological polar surface area (TPSA) is 42.7 Å². The average Bonchev–Trinajstić information content (AvgIpc) is 3.13. The van der Waals surface area contributed by atoms with Gasteiger partial charge in [-0.15, -0.1) is 0 Å². The van der Waals surface area contributed by atoms with Gasteiger partial charge in [0.05, 0.1) is 22.1 Å². The molecular formula is C43H27NO3. The first-order valence-electron chi connectivity index (χ1n) is 15.6. The van der Waals surface area contributed by atoms with Crippen LogP contribution >= 0.6 is 0 Å². The van der Waals surface area contributed by atoms with Gasteiger partial charge in [0.1, 0.15) is 22.7 Å². The zero-order valence-electron chi connectivity index (χ0n) is 25.3. The van der Waals surface area contributed by atoms with Gasteiger partial charge in [-0.05, 0) is 71.8 Å². The summed E-state index contributed by atoms with van der Waals surface area (Å²) in [6.07, 6.45) is 0. The summed E-state index contributed by atoms with van der Waals surface area (Å²) in [5, 5.41) is 1.17. The molecule has 9 rings (SSSR count). The second kappa shape index (κ2) is 10.9. The molecule has 1 aliphatic heterocycles. The van der Waals surface area contributed by atoms with Crippen molar-refractivity contribution in [1.29, 1.82) is 0 Å². The van der Waals surface area contributed by atoms with E-state index in [0.717, 1.165) is 61.9 Å². The van der Waals surface area contributed by atoms with E-state index in [-0.39, 0.29) is 5.43 Å². The van der Waals surface area contributed by atoms with Gasteiger partial charge in [0.25, 0.3) is 0 Å². The molecule has 222 valence electrons. The molecule has 0 saturated heterocycles. The maximum atomic E-state index is 13.1. The van der Waals surface area contributed by atoms with Crippen LogP contribution in [-0.2, 0) is 0 Å². The minimum atomic E-state index is -0.0153. The van der Waals surface area contributed by atoms with Crippen molar-refractivity contribution in [1.82, 2.24) is 0 Å². The smallest absolute Gasteiger partial charge is 0.200 e. The van der Waals surface area contributed by atoms with Crippen LogP contribution < -0.4 is 15.1 Å². The molecule has 47 heavy (non-hydrogen) atoms. The van der Waals surface area contributed by atoms with Crippen LogP contribution in [-0.4, -0.2) is 0 Å². The Kier molecular flexibility index (Phi) is 6.25. The van der Waals surface area contributed by atoms with Crippen LogP contribution in [0.2, 0.25) is 0 Å². The molecule has 0 fully saturated rings. The monoisotopic (exact) mass is 605 g/mol. The van der Waals surface area contributed by atoms with Gasteiger partial charge in [0, 0.05) is 27.9 Å². The predicted molar refractivity (Wildman–Crippen MR) is 191 cm³/mol. The molecule has 0 N–H and O–H groups in total. The molecule has 8 aromatic rings.